The molecule has 1 atom stereocenters. The van der Waals surface area contributed by atoms with Gasteiger partial charge in [0.05, 0.1) is 18.0 Å². The molecule has 1 saturated heterocycles. The van der Waals surface area contributed by atoms with E-state index in [2.05, 4.69) is 9.88 Å². The van der Waals surface area contributed by atoms with E-state index in [-0.39, 0.29) is 35.7 Å². The molecule has 0 radical (unpaired) electrons. The third kappa shape index (κ3) is 5.28. The van der Waals surface area contributed by atoms with Crippen molar-refractivity contribution >= 4 is 17.5 Å². The minimum absolute atomic E-state index is 0.0329. The lowest BCUT2D eigenvalue weighted by Crippen LogP contribution is -2.36. The molecule has 2 aromatic rings. The van der Waals surface area contributed by atoms with Crippen LogP contribution in [0.15, 0.2) is 42.6 Å². The molecule has 1 aliphatic rings. The zero-order valence-corrected chi connectivity index (χ0v) is 16.3. The third-order valence-electron chi connectivity index (χ3n) is 5.37. The summed E-state index contributed by atoms with van der Waals surface area (Å²) in [5, 5.41) is 10.8. The molecular formula is C21H24FN3O4. The lowest BCUT2D eigenvalue weighted by molar-refractivity contribution is -0.385. The summed E-state index contributed by atoms with van der Waals surface area (Å²) in [5.74, 6) is 0.363. The summed E-state index contributed by atoms with van der Waals surface area (Å²) in [4.78, 5) is 28.8. The number of aromatic nitrogens is 1. The van der Waals surface area contributed by atoms with Gasteiger partial charge in [0, 0.05) is 19.2 Å². The van der Waals surface area contributed by atoms with Crippen molar-refractivity contribution in [3.05, 3.63) is 64.1 Å². The summed E-state index contributed by atoms with van der Waals surface area (Å²) >= 11 is 0. The fourth-order valence-electron chi connectivity index (χ4n) is 3.87. The SMILES string of the molecule is CCOC(=O)C[C@@H](c1ccc(F)cc1)C1CCN(c2ccc([N+](=O)[O-])cn2)CC1. The van der Waals surface area contributed by atoms with Gasteiger partial charge >= 0.3 is 5.97 Å². The van der Waals surface area contributed by atoms with E-state index in [1.807, 2.05) is 0 Å². The van der Waals surface area contributed by atoms with Gasteiger partial charge in [0.25, 0.3) is 5.69 Å². The molecule has 1 aromatic heterocycles. The van der Waals surface area contributed by atoms with E-state index in [1.165, 1.54) is 24.4 Å². The van der Waals surface area contributed by atoms with Crippen LogP contribution in [0.4, 0.5) is 15.9 Å². The highest BCUT2D eigenvalue weighted by Crippen LogP contribution is 2.36. The molecular weight excluding hydrogens is 377 g/mol. The highest BCUT2D eigenvalue weighted by Gasteiger charge is 2.30. The number of piperidine rings is 1. The van der Waals surface area contributed by atoms with Gasteiger partial charge in [-0.2, -0.15) is 0 Å². The second-order valence-corrected chi connectivity index (χ2v) is 7.12. The van der Waals surface area contributed by atoms with Crippen LogP contribution in [0.5, 0.6) is 0 Å². The molecule has 29 heavy (non-hydrogen) atoms. The van der Waals surface area contributed by atoms with Gasteiger partial charge in [-0.25, -0.2) is 9.37 Å². The summed E-state index contributed by atoms with van der Waals surface area (Å²) in [6.45, 7) is 3.58. The number of rotatable bonds is 7. The standard InChI is InChI=1S/C21H24FN3O4/c1-2-29-21(26)13-19(15-3-5-17(22)6-4-15)16-9-11-24(12-10-16)20-8-7-18(14-23-20)25(27)28/h3-8,14,16,19H,2,9-13H2,1H3/t19-/m0/s1. The third-order valence-corrected chi connectivity index (χ3v) is 5.37. The number of benzene rings is 1. The molecule has 154 valence electrons. The Morgan fingerprint density at radius 1 is 1.28 bits per heavy atom. The Kier molecular flexibility index (Phi) is 6.74. The largest absolute Gasteiger partial charge is 0.466 e. The van der Waals surface area contributed by atoms with Crippen molar-refractivity contribution in [2.24, 2.45) is 5.92 Å². The summed E-state index contributed by atoms with van der Waals surface area (Å²) in [7, 11) is 0. The van der Waals surface area contributed by atoms with E-state index >= 15 is 0 Å². The van der Waals surface area contributed by atoms with E-state index in [0.29, 0.717) is 12.4 Å². The Labute approximate surface area is 168 Å². The number of nitrogens with zero attached hydrogens (tertiary/aromatic N) is 3. The maximum absolute atomic E-state index is 13.3. The normalized spacial score (nSPS) is 15.7. The summed E-state index contributed by atoms with van der Waals surface area (Å²) in [6.07, 6.45) is 3.20. The number of anilines is 1. The number of nitro groups is 1. The molecule has 0 saturated carbocycles. The lowest BCUT2D eigenvalue weighted by Gasteiger charge is -2.36. The van der Waals surface area contributed by atoms with Crippen molar-refractivity contribution < 1.29 is 18.8 Å². The fraction of sp³-hybridized carbons (Fsp3) is 0.429. The van der Waals surface area contributed by atoms with Gasteiger partial charge in [0.1, 0.15) is 17.8 Å². The fourth-order valence-corrected chi connectivity index (χ4v) is 3.87. The first-order valence-corrected chi connectivity index (χ1v) is 9.74. The number of ether oxygens (including phenoxy) is 1. The predicted octanol–water partition coefficient (Wildman–Crippen LogP) is 4.08. The maximum Gasteiger partial charge on any atom is 0.306 e. The van der Waals surface area contributed by atoms with Crippen molar-refractivity contribution in [3.8, 4) is 0 Å². The van der Waals surface area contributed by atoms with Gasteiger partial charge in [0.15, 0.2) is 0 Å². The van der Waals surface area contributed by atoms with Gasteiger partial charge < -0.3 is 9.64 Å². The first-order valence-electron chi connectivity index (χ1n) is 9.74. The zero-order valence-electron chi connectivity index (χ0n) is 16.3. The van der Waals surface area contributed by atoms with Gasteiger partial charge in [-0.1, -0.05) is 12.1 Å². The number of hydrogen-bond donors (Lipinski definition) is 0. The molecule has 1 aromatic carbocycles. The van der Waals surface area contributed by atoms with Crippen LogP contribution in [-0.2, 0) is 9.53 Å². The topological polar surface area (TPSA) is 85.6 Å². The minimum Gasteiger partial charge on any atom is -0.466 e. The molecule has 2 heterocycles. The molecule has 0 aliphatic carbocycles. The van der Waals surface area contributed by atoms with Gasteiger partial charge in [-0.3, -0.25) is 14.9 Å². The van der Waals surface area contributed by atoms with Crippen molar-refractivity contribution in [1.29, 1.82) is 0 Å². The number of esters is 1. The quantitative estimate of drug-likeness (QED) is 0.395. The molecule has 7 nitrogen and oxygen atoms in total. The summed E-state index contributed by atoms with van der Waals surface area (Å²) < 4.78 is 18.5. The molecule has 0 spiro atoms. The minimum atomic E-state index is -0.467. The molecule has 0 bridgehead atoms. The van der Waals surface area contributed by atoms with Crippen LogP contribution in [-0.4, -0.2) is 35.6 Å². The van der Waals surface area contributed by atoms with Gasteiger partial charge in [-0.05, 0) is 55.4 Å². The Bertz CT molecular complexity index is 834. The van der Waals surface area contributed by atoms with Crippen LogP contribution in [0.1, 0.15) is 37.7 Å². The van der Waals surface area contributed by atoms with Crippen LogP contribution in [0, 0.1) is 21.8 Å². The number of halogens is 1. The van der Waals surface area contributed by atoms with E-state index in [9.17, 15) is 19.3 Å². The van der Waals surface area contributed by atoms with Crippen molar-refractivity contribution in [2.75, 3.05) is 24.6 Å². The smallest absolute Gasteiger partial charge is 0.306 e. The first-order chi connectivity index (χ1) is 14.0. The van der Waals surface area contributed by atoms with Crippen molar-refractivity contribution in [1.82, 2.24) is 4.98 Å². The van der Waals surface area contributed by atoms with Crippen molar-refractivity contribution in [3.63, 3.8) is 0 Å². The Morgan fingerprint density at radius 2 is 1.97 bits per heavy atom. The molecule has 0 N–H and O–H groups in total. The van der Waals surface area contributed by atoms with Crippen LogP contribution < -0.4 is 4.90 Å². The Balaban J connectivity index is 1.69. The highest BCUT2D eigenvalue weighted by molar-refractivity contribution is 5.70. The summed E-state index contributed by atoms with van der Waals surface area (Å²) in [6, 6.07) is 9.44. The van der Waals surface area contributed by atoms with Gasteiger partial charge in [-0.15, -0.1) is 0 Å². The predicted molar refractivity (Wildman–Crippen MR) is 106 cm³/mol. The molecule has 8 heteroatoms. The van der Waals surface area contributed by atoms with Crippen LogP contribution >= 0.6 is 0 Å². The highest BCUT2D eigenvalue weighted by atomic mass is 19.1. The van der Waals surface area contributed by atoms with Crippen LogP contribution in [0.25, 0.3) is 0 Å². The monoisotopic (exact) mass is 401 g/mol. The van der Waals surface area contributed by atoms with Gasteiger partial charge in [0.2, 0.25) is 0 Å². The average Bonchev–Trinajstić information content (AvgIpc) is 2.73. The van der Waals surface area contributed by atoms with E-state index in [1.54, 1.807) is 25.1 Å². The molecule has 1 fully saturated rings. The number of pyridine rings is 1. The van der Waals surface area contributed by atoms with Crippen molar-refractivity contribution in [2.45, 2.75) is 32.1 Å². The Morgan fingerprint density at radius 3 is 2.52 bits per heavy atom. The Hall–Kier alpha value is -3.03. The van der Waals surface area contributed by atoms with E-state index in [4.69, 9.17) is 4.74 Å². The molecule has 3 rings (SSSR count). The van der Waals surface area contributed by atoms with Crippen LogP contribution in [0.2, 0.25) is 0 Å². The second kappa shape index (κ2) is 9.45. The summed E-state index contributed by atoms with van der Waals surface area (Å²) in [5.41, 5.74) is 0.904. The number of carbonyl (C=O) groups excluding carboxylic acids is 1. The average molecular weight is 401 g/mol. The first kappa shape index (κ1) is 20.7. The molecule has 0 amide bonds. The number of carbonyl (C=O) groups is 1. The zero-order chi connectivity index (χ0) is 20.8. The number of hydrogen-bond acceptors (Lipinski definition) is 6. The van der Waals surface area contributed by atoms with E-state index < -0.39 is 4.92 Å². The molecule has 1 aliphatic heterocycles. The second-order valence-electron chi connectivity index (χ2n) is 7.12. The molecule has 0 unspecified atom stereocenters. The van der Waals surface area contributed by atoms with E-state index in [0.717, 1.165) is 31.5 Å². The lowest BCUT2D eigenvalue weighted by atomic mass is 9.78. The van der Waals surface area contributed by atoms with Crippen LogP contribution in [0.3, 0.4) is 0 Å². The maximum atomic E-state index is 13.3.